The van der Waals surface area contributed by atoms with Gasteiger partial charge in [-0.1, -0.05) is 0 Å². The monoisotopic (exact) mass is 202 g/mol. The van der Waals surface area contributed by atoms with Crippen molar-refractivity contribution in [1.82, 2.24) is 5.32 Å². The third-order valence-electron chi connectivity index (χ3n) is 2.29. The summed E-state index contributed by atoms with van der Waals surface area (Å²) in [5.74, 6) is 0. The summed E-state index contributed by atoms with van der Waals surface area (Å²) in [5, 5.41) is 11.6. The number of benzene rings is 1. The lowest BCUT2D eigenvalue weighted by atomic mass is 10.1. The number of nitrogens with zero attached hydrogens (tertiary/aromatic N) is 2. The van der Waals surface area contributed by atoms with Gasteiger partial charge < -0.3 is 11.1 Å². The second-order valence-corrected chi connectivity index (χ2v) is 3.27. The zero-order chi connectivity index (χ0) is 10.8. The molecule has 0 bridgehead atoms. The second kappa shape index (κ2) is 3.50. The van der Waals surface area contributed by atoms with Gasteiger partial charge in [0.15, 0.2) is 0 Å². The molecule has 0 saturated carbocycles. The highest BCUT2D eigenvalue weighted by atomic mass is 16.2. The lowest BCUT2D eigenvalue weighted by molar-refractivity contribution is 0.252. The number of carbonyl (C=O) groups excluding carboxylic acids is 1. The predicted octanol–water partition coefficient (Wildman–Crippen LogP) is 0.670. The number of carbonyl (C=O) groups is 1. The lowest BCUT2D eigenvalue weighted by Gasteiger charge is -2.15. The third-order valence-corrected chi connectivity index (χ3v) is 2.29. The molecule has 0 atom stereocenters. The molecule has 1 aliphatic rings. The summed E-state index contributed by atoms with van der Waals surface area (Å²) in [4.78, 5) is 12.9. The molecule has 3 N–H and O–H groups in total. The molecule has 1 saturated heterocycles. The van der Waals surface area contributed by atoms with Gasteiger partial charge in [0.05, 0.1) is 11.3 Å². The summed E-state index contributed by atoms with van der Waals surface area (Å²) in [6, 6.07) is 6.81. The topological polar surface area (TPSA) is 82.2 Å². The number of rotatable bonds is 1. The van der Waals surface area contributed by atoms with Gasteiger partial charge in [-0.25, -0.2) is 4.79 Å². The zero-order valence-electron chi connectivity index (χ0n) is 8.03. The number of amides is 2. The quantitative estimate of drug-likeness (QED) is 0.656. The minimum Gasteiger partial charge on any atom is -0.399 e. The maximum Gasteiger partial charge on any atom is 0.322 e. The molecule has 0 aliphatic carbocycles. The highest BCUT2D eigenvalue weighted by molar-refractivity contribution is 5.95. The first-order chi connectivity index (χ1) is 7.22. The summed E-state index contributed by atoms with van der Waals surface area (Å²) in [6.07, 6.45) is 0. The summed E-state index contributed by atoms with van der Waals surface area (Å²) >= 11 is 0. The zero-order valence-corrected chi connectivity index (χ0v) is 8.03. The van der Waals surface area contributed by atoms with Gasteiger partial charge >= 0.3 is 6.03 Å². The van der Waals surface area contributed by atoms with Gasteiger partial charge in [-0.2, -0.15) is 5.26 Å². The normalized spacial score (nSPS) is 14.9. The molecule has 5 nitrogen and oxygen atoms in total. The van der Waals surface area contributed by atoms with E-state index in [1.165, 1.54) is 4.90 Å². The fraction of sp³-hybridized carbons (Fsp3) is 0.200. The number of nitrogens with one attached hydrogen (secondary N) is 1. The maximum absolute atomic E-state index is 11.4. The fourth-order valence-corrected chi connectivity index (χ4v) is 1.58. The van der Waals surface area contributed by atoms with Crippen molar-refractivity contribution in [3.05, 3.63) is 23.8 Å². The minimum atomic E-state index is -0.170. The van der Waals surface area contributed by atoms with Crippen LogP contribution < -0.4 is 16.0 Å². The van der Waals surface area contributed by atoms with E-state index in [1.54, 1.807) is 18.2 Å². The Morgan fingerprint density at radius 3 is 2.93 bits per heavy atom. The van der Waals surface area contributed by atoms with E-state index < -0.39 is 0 Å². The van der Waals surface area contributed by atoms with Crippen molar-refractivity contribution >= 4 is 17.4 Å². The Kier molecular flexibility index (Phi) is 2.18. The Balaban J connectivity index is 2.44. The minimum absolute atomic E-state index is 0.170. The molecule has 0 aromatic heterocycles. The summed E-state index contributed by atoms with van der Waals surface area (Å²) in [7, 11) is 0. The number of nitrogens with two attached hydrogens (primary N) is 1. The summed E-state index contributed by atoms with van der Waals surface area (Å²) < 4.78 is 0. The molecular formula is C10H10N4O. The van der Waals surface area contributed by atoms with Crippen LogP contribution in [0.3, 0.4) is 0 Å². The van der Waals surface area contributed by atoms with Crippen LogP contribution in [0.4, 0.5) is 16.2 Å². The molecule has 1 aromatic carbocycles. The van der Waals surface area contributed by atoms with Crippen LogP contribution in [0.25, 0.3) is 0 Å². The van der Waals surface area contributed by atoms with Crippen LogP contribution in [0, 0.1) is 11.3 Å². The van der Waals surface area contributed by atoms with E-state index in [0.29, 0.717) is 30.0 Å². The number of nitriles is 1. The Morgan fingerprint density at radius 1 is 1.53 bits per heavy atom. The van der Waals surface area contributed by atoms with Crippen molar-refractivity contribution in [3.8, 4) is 6.07 Å². The molecule has 2 rings (SSSR count). The Labute approximate surface area is 87.1 Å². The molecule has 1 heterocycles. The van der Waals surface area contributed by atoms with Crippen LogP contribution in [0.5, 0.6) is 0 Å². The summed E-state index contributed by atoms with van der Waals surface area (Å²) in [5.41, 5.74) is 7.13. The molecule has 2 amide bonds. The van der Waals surface area contributed by atoms with Gasteiger partial charge in [0.2, 0.25) is 0 Å². The molecular weight excluding hydrogens is 192 g/mol. The molecule has 0 unspecified atom stereocenters. The molecule has 1 aliphatic heterocycles. The van der Waals surface area contributed by atoms with Gasteiger partial charge in [0.1, 0.15) is 6.07 Å². The molecule has 76 valence electrons. The van der Waals surface area contributed by atoms with E-state index in [-0.39, 0.29) is 6.03 Å². The molecule has 5 heteroatoms. The molecule has 15 heavy (non-hydrogen) atoms. The Morgan fingerprint density at radius 2 is 2.33 bits per heavy atom. The first kappa shape index (κ1) is 9.34. The van der Waals surface area contributed by atoms with Gasteiger partial charge in [-0.15, -0.1) is 0 Å². The number of hydrogen-bond donors (Lipinski definition) is 2. The van der Waals surface area contributed by atoms with Crippen molar-refractivity contribution in [2.24, 2.45) is 0 Å². The second-order valence-electron chi connectivity index (χ2n) is 3.27. The highest BCUT2D eigenvalue weighted by Crippen LogP contribution is 2.23. The molecule has 0 radical (unpaired) electrons. The van der Waals surface area contributed by atoms with Crippen molar-refractivity contribution in [2.75, 3.05) is 23.7 Å². The SMILES string of the molecule is N#Cc1cc(N)ccc1N1CCNC1=O. The number of nitrogen functional groups attached to an aromatic ring is 1. The molecule has 1 aromatic rings. The van der Waals surface area contributed by atoms with E-state index in [2.05, 4.69) is 5.32 Å². The van der Waals surface area contributed by atoms with E-state index in [1.807, 2.05) is 6.07 Å². The standard InChI is InChI=1S/C10H10N4O/c11-6-7-5-8(12)1-2-9(7)14-4-3-13-10(14)15/h1-2,5H,3-4,12H2,(H,13,15). The Bertz CT molecular complexity index is 449. The van der Waals surface area contributed by atoms with Crippen LogP contribution in [-0.4, -0.2) is 19.1 Å². The van der Waals surface area contributed by atoms with Crippen LogP contribution >= 0.6 is 0 Å². The highest BCUT2D eigenvalue weighted by Gasteiger charge is 2.23. The lowest BCUT2D eigenvalue weighted by Crippen LogP contribution is -2.28. The molecule has 0 spiro atoms. The largest absolute Gasteiger partial charge is 0.399 e. The molecule has 1 fully saturated rings. The maximum atomic E-state index is 11.4. The Hall–Kier alpha value is -2.22. The number of urea groups is 1. The van der Waals surface area contributed by atoms with E-state index in [9.17, 15) is 4.79 Å². The van der Waals surface area contributed by atoms with Crippen molar-refractivity contribution in [3.63, 3.8) is 0 Å². The van der Waals surface area contributed by atoms with Gasteiger partial charge in [-0.3, -0.25) is 4.90 Å². The van der Waals surface area contributed by atoms with E-state index in [4.69, 9.17) is 11.0 Å². The third kappa shape index (κ3) is 1.57. The average Bonchev–Trinajstić information content (AvgIpc) is 2.64. The number of anilines is 2. The fourth-order valence-electron chi connectivity index (χ4n) is 1.58. The number of hydrogen-bond acceptors (Lipinski definition) is 3. The first-order valence-corrected chi connectivity index (χ1v) is 4.57. The van der Waals surface area contributed by atoms with Gasteiger partial charge in [-0.05, 0) is 18.2 Å². The van der Waals surface area contributed by atoms with Crippen LogP contribution in [0.15, 0.2) is 18.2 Å². The van der Waals surface area contributed by atoms with Crippen molar-refractivity contribution in [1.29, 1.82) is 5.26 Å². The van der Waals surface area contributed by atoms with Crippen LogP contribution in [-0.2, 0) is 0 Å². The van der Waals surface area contributed by atoms with Crippen LogP contribution in [0.1, 0.15) is 5.56 Å². The van der Waals surface area contributed by atoms with Crippen LogP contribution in [0.2, 0.25) is 0 Å². The van der Waals surface area contributed by atoms with E-state index >= 15 is 0 Å². The van der Waals surface area contributed by atoms with Crippen molar-refractivity contribution < 1.29 is 4.79 Å². The smallest absolute Gasteiger partial charge is 0.322 e. The average molecular weight is 202 g/mol. The predicted molar refractivity (Wildman–Crippen MR) is 56.3 cm³/mol. The first-order valence-electron chi connectivity index (χ1n) is 4.57. The van der Waals surface area contributed by atoms with Gasteiger partial charge in [0.25, 0.3) is 0 Å². The van der Waals surface area contributed by atoms with E-state index in [0.717, 1.165) is 0 Å². The van der Waals surface area contributed by atoms with Crippen molar-refractivity contribution in [2.45, 2.75) is 0 Å². The summed E-state index contributed by atoms with van der Waals surface area (Å²) in [6.45, 7) is 1.19. The van der Waals surface area contributed by atoms with Gasteiger partial charge in [0, 0.05) is 18.8 Å².